The predicted molar refractivity (Wildman–Crippen MR) is 165 cm³/mol. The number of ether oxygens (including phenoxy) is 3. The first-order valence-electron chi connectivity index (χ1n) is 14.1. The Morgan fingerprint density at radius 1 is 0.952 bits per heavy atom. The average Bonchev–Trinajstić information content (AvgIpc) is 3.31. The second-order valence-electron chi connectivity index (χ2n) is 10.2. The van der Waals surface area contributed by atoms with Gasteiger partial charge in [0.1, 0.15) is 0 Å². The number of carbonyl (C=O) groups is 1. The van der Waals surface area contributed by atoms with Crippen LogP contribution in [0.3, 0.4) is 0 Å². The van der Waals surface area contributed by atoms with Gasteiger partial charge in [-0.15, -0.1) is 0 Å². The highest BCUT2D eigenvalue weighted by Gasteiger charge is 2.35. The molecule has 3 aromatic carbocycles. The molecule has 1 aliphatic heterocycles. The summed E-state index contributed by atoms with van der Waals surface area (Å²) >= 11 is 1.29. The van der Waals surface area contributed by atoms with Crippen LogP contribution in [0.4, 0.5) is 0 Å². The van der Waals surface area contributed by atoms with E-state index in [4.69, 9.17) is 19.2 Å². The molecule has 42 heavy (non-hydrogen) atoms. The normalized spacial score (nSPS) is 14.9. The second kappa shape index (κ2) is 13.0. The van der Waals surface area contributed by atoms with E-state index in [0.717, 1.165) is 16.7 Å². The van der Waals surface area contributed by atoms with E-state index in [0.29, 0.717) is 51.2 Å². The molecule has 1 atom stereocenters. The number of thiazole rings is 1. The zero-order valence-electron chi connectivity index (χ0n) is 24.2. The van der Waals surface area contributed by atoms with Crippen molar-refractivity contribution in [3.63, 3.8) is 0 Å². The summed E-state index contributed by atoms with van der Waals surface area (Å²) in [4.78, 5) is 33.0. The van der Waals surface area contributed by atoms with E-state index in [1.165, 1.54) is 11.3 Å². The van der Waals surface area contributed by atoms with Crippen molar-refractivity contribution < 1.29 is 19.0 Å². The van der Waals surface area contributed by atoms with E-state index in [1.54, 1.807) is 11.5 Å². The number of hydrogen-bond donors (Lipinski definition) is 0. The van der Waals surface area contributed by atoms with Crippen molar-refractivity contribution in [1.29, 1.82) is 0 Å². The van der Waals surface area contributed by atoms with Gasteiger partial charge in [0.2, 0.25) is 0 Å². The maximum absolute atomic E-state index is 14.1. The molecule has 1 aromatic heterocycles. The Balaban J connectivity index is 1.71. The van der Waals surface area contributed by atoms with Crippen LogP contribution in [0.5, 0.6) is 11.5 Å². The molecule has 0 fully saturated rings. The number of hydrogen-bond acceptors (Lipinski definition) is 7. The molecule has 216 valence electrons. The van der Waals surface area contributed by atoms with Crippen LogP contribution >= 0.6 is 11.3 Å². The average molecular weight is 583 g/mol. The lowest BCUT2D eigenvalue weighted by atomic mass is 9.93. The number of fused-ring (bicyclic) bond motifs is 1. The molecule has 4 aromatic rings. The molecule has 0 spiro atoms. The number of nitrogens with zero attached hydrogens (tertiary/aromatic N) is 2. The maximum Gasteiger partial charge on any atom is 0.338 e. The molecule has 0 bridgehead atoms. The molecule has 5 rings (SSSR count). The van der Waals surface area contributed by atoms with Crippen molar-refractivity contribution in [3.05, 3.63) is 121 Å². The van der Waals surface area contributed by atoms with Crippen LogP contribution in [-0.2, 0) is 9.53 Å². The summed E-state index contributed by atoms with van der Waals surface area (Å²) in [6.45, 7) is 9.13. The molecule has 0 unspecified atom stereocenters. The Kier molecular flexibility index (Phi) is 9.03. The Labute approximate surface area is 249 Å². The minimum atomic E-state index is -0.704. The van der Waals surface area contributed by atoms with Gasteiger partial charge in [0.05, 0.1) is 41.7 Å². The number of benzene rings is 3. The third-order valence-corrected chi connectivity index (χ3v) is 7.61. The van der Waals surface area contributed by atoms with Crippen molar-refractivity contribution in [1.82, 2.24) is 4.57 Å². The first-order valence-corrected chi connectivity index (χ1v) is 15.0. The minimum Gasteiger partial charge on any atom is -0.490 e. The van der Waals surface area contributed by atoms with Crippen LogP contribution in [-0.4, -0.2) is 30.4 Å². The van der Waals surface area contributed by atoms with Crippen LogP contribution in [0.15, 0.2) is 94.2 Å². The number of carbonyl (C=O) groups excluding carboxylic acids is 1. The lowest BCUT2D eigenvalue weighted by molar-refractivity contribution is -0.138. The quantitative estimate of drug-likeness (QED) is 0.235. The second-order valence-corrected chi connectivity index (χ2v) is 11.2. The minimum absolute atomic E-state index is 0.204. The first-order chi connectivity index (χ1) is 20.4. The zero-order valence-corrected chi connectivity index (χ0v) is 25.0. The zero-order chi connectivity index (χ0) is 29.6. The largest absolute Gasteiger partial charge is 0.490 e. The third kappa shape index (κ3) is 6.09. The highest BCUT2D eigenvalue weighted by atomic mass is 32.1. The van der Waals surface area contributed by atoms with E-state index in [-0.39, 0.29) is 12.2 Å². The summed E-state index contributed by atoms with van der Waals surface area (Å²) in [5.74, 6) is 1.16. The van der Waals surface area contributed by atoms with Gasteiger partial charge in [-0.05, 0) is 49.1 Å². The van der Waals surface area contributed by atoms with E-state index in [9.17, 15) is 9.59 Å². The van der Waals surface area contributed by atoms with Gasteiger partial charge in [-0.2, -0.15) is 0 Å². The van der Waals surface area contributed by atoms with E-state index in [1.807, 2.05) is 91.9 Å². The molecule has 0 amide bonds. The fraction of sp³-hybridized carbons (Fsp3) is 0.265. The SMILES string of the molecule is CCOC(=O)C1=C(c2ccccc2)N=c2s/c(=C\c3ccc(OCC(C)C)c(OCC)c3)c(=O)n2[C@@H]1c1ccccc1. The fourth-order valence-corrected chi connectivity index (χ4v) is 5.80. The fourth-order valence-electron chi connectivity index (χ4n) is 4.80. The Hall–Kier alpha value is -4.43. The topological polar surface area (TPSA) is 79.1 Å². The molecular weight excluding hydrogens is 548 g/mol. The van der Waals surface area contributed by atoms with Crippen LogP contribution in [0, 0.1) is 5.92 Å². The van der Waals surface area contributed by atoms with Gasteiger partial charge in [0.15, 0.2) is 16.3 Å². The summed E-state index contributed by atoms with van der Waals surface area (Å²) in [6, 6.07) is 24.0. The third-order valence-electron chi connectivity index (χ3n) is 6.63. The van der Waals surface area contributed by atoms with Crippen molar-refractivity contribution in [2.45, 2.75) is 33.7 Å². The molecule has 0 saturated carbocycles. The molecule has 0 N–H and O–H groups in total. The Bertz CT molecular complexity index is 1770. The summed E-state index contributed by atoms with van der Waals surface area (Å²) in [6.07, 6.45) is 1.83. The van der Waals surface area contributed by atoms with Gasteiger partial charge in [0.25, 0.3) is 5.56 Å². The molecule has 8 heteroatoms. The summed E-state index contributed by atoms with van der Waals surface area (Å²) in [5.41, 5.74) is 2.96. The standard InChI is InChI=1S/C34H34N2O5S/c1-5-39-27-19-23(17-18-26(27)41-21-22(3)4)20-28-32(37)36-31(25-15-11-8-12-16-25)29(33(38)40-6-2)30(35-34(36)42-28)24-13-9-7-10-14-24/h7-20,22,31H,5-6,21H2,1-4H3/b28-20-/t31-/m1/s1. The Morgan fingerprint density at radius 3 is 2.33 bits per heavy atom. The van der Waals surface area contributed by atoms with Gasteiger partial charge in [-0.3, -0.25) is 9.36 Å². The monoisotopic (exact) mass is 582 g/mol. The highest BCUT2D eigenvalue weighted by Crippen LogP contribution is 2.35. The molecule has 2 heterocycles. The molecular formula is C34H34N2O5S. The van der Waals surface area contributed by atoms with Crippen LogP contribution in [0.25, 0.3) is 11.8 Å². The molecule has 7 nitrogen and oxygen atoms in total. The van der Waals surface area contributed by atoms with E-state index in [2.05, 4.69) is 13.8 Å². The number of esters is 1. The smallest absolute Gasteiger partial charge is 0.338 e. The number of aromatic nitrogens is 1. The van der Waals surface area contributed by atoms with Gasteiger partial charge in [-0.25, -0.2) is 9.79 Å². The molecule has 1 aliphatic rings. The molecule has 0 radical (unpaired) electrons. The lowest BCUT2D eigenvalue weighted by Crippen LogP contribution is -2.39. The molecule has 0 saturated heterocycles. The summed E-state index contributed by atoms with van der Waals surface area (Å²) in [7, 11) is 0. The van der Waals surface area contributed by atoms with Gasteiger partial charge < -0.3 is 14.2 Å². The highest BCUT2D eigenvalue weighted by molar-refractivity contribution is 7.07. The van der Waals surface area contributed by atoms with Crippen molar-refractivity contribution in [3.8, 4) is 11.5 Å². The first kappa shape index (κ1) is 29.1. The van der Waals surface area contributed by atoms with Gasteiger partial charge in [-0.1, -0.05) is 91.9 Å². The van der Waals surface area contributed by atoms with Crippen molar-refractivity contribution >= 4 is 29.1 Å². The number of rotatable bonds is 10. The summed E-state index contributed by atoms with van der Waals surface area (Å²) in [5, 5.41) is 0. The van der Waals surface area contributed by atoms with Crippen molar-refractivity contribution in [2.75, 3.05) is 19.8 Å². The van der Waals surface area contributed by atoms with Crippen molar-refractivity contribution in [2.24, 2.45) is 10.9 Å². The predicted octanol–water partition coefficient (Wildman–Crippen LogP) is 5.37. The Morgan fingerprint density at radius 2 is 1.67 bits per heavy atom. The van der Waals surface area contributed by atoms with E-state index < -0.39 is 12.0 Å². The van der Waals surface area contributed by atoms with E-state index >= 15 is 0 Å². The van der Waals surface area contributed by atoms with Crippen LogP contribution < -0.4 is 24.4 Å². The lowest BCUT2D eigenvalue weighted by Gasteiger charge is -2.25. The van der Waals surface area contributed by atoms with Crippen LogP contribution in [0.2, 0.25) is 0 Å². The van der Waals surface area contributed by atoms with Gasteiger partial charge in [0, 0.05) is 5.56 Å². The summed E-state index contributed by atoms with van der Waals surface area (Å²) < 4.78 is 19.4. The molecule has 0 aliphatic carbocycles. The van der Waals surface area contributed by atoms with Gasteiger partial charge >= 0.3 is 5.97 Å². The maximum atomic E-state index is 14.1. The van der Waals surface area contributed by atoms with Crippen LogP contribution in [0.1, 0.15) is 50.4 Å².